The lowest BCUT2D eigenvalue weighted by Gasteiger charge is -2.15. The highest BCUT2D eigenvalue weighted by Crippen LogP contribution is 2.28. The molecule has 1 fully saturated rings. The Morgan fingerprint density at radius 2 is 1.89 bits per heavy atom. The van der Waals surface area contributed by atoms with Gasteiger partial charge in [-0.1, -0.05) is 24.3 Å². The van der Waals surface area contributed by atoms with E-state index in [1.165, 1.54) is 23.7 Å². The number of halogens is 2. The van der Waals surface area contributed by atoms with Gasteiger partial charge in [0.2, 0.25) is 0 Å². The van der Waals surface area contributed by atoms with Gasteiger partial charge in [-0.15, -0.1) is 0 Å². The number of aromatic nitrogens is 2. The van der Waals surface area contributed by atoms with Gasteiger partial charge in [-0.05, 0) is 55.6 Å². The second-order valence-corrected chi connectivity index (χ2v) is 8.57. The van der Waals surface area contributed by atoms with Crippen molar-refractivity contribution < 1.29 is 23.1 Å². The van der Waals surface area contributed by atoms with Crippen LogP contribution in [0.5, 0.6) is 0 Å². The number of nitrogens with zero attached hydrogens (tertiary/aromatic N) is 3. The first-order chi connectivity index (χ1) is 17.2. The summed E-state index contributed by atoms with van der Waals surface area (Å²) in [5, 5.41) is 6.73. The van der Waals surface area contributed by atoms with Crippen LogP contribution in [-0.2, 0) is 4.74 Å². The lowest BCUT2D eigenvalue weighted by Crippen LogP contribution is -2.24. The zero-order valence-corrected chi connectivity index (χ0v) is 20.6. The van der Waals surface area contributed by atoms with Crippen molar-refractivity contribution in [3.8, 4) is 5.69 Å². The van der Waals surface area contributed by atoms with Crippen LogP contribution >= 0.6 is 0 Å². The van der Waals surface area contributed by atoms with Crippen molar-refractivity contribution in [2.45, 2.75) is 26.2 Å². The average Bonchev–Trinajstić information content (AvgIpc) is 3.45. The molecule has 1 aliphatic rings. The van der Waals surface area contributed by atoms with E-state index in [-0.39, 0.29) is 5.78 Å². The molecule has 192 valence electrons. The number of ketones is 1. The Morgan fingerprint density at radius 3 is 2.50 bits per heavy atom. The number of nitrogens with one attached hydrogen (secondary N) is 1. The molecule has 36 heavy (non-hydrogen) atoms. The fourth-order valence-corrected chi connectivity index (χ4v) is 4.14. The zero-order chi connectivity index (χ0) is 26.2. The summed E-state index contributed by atoms with van der Waals surface area (Å²) < 4.78 is 32.5. The Balaban J connectivity index is 0.000000202. The molecule has 10 heteroatoms. The van der Waals surface area contributed by atoms with Gasteiger partial charge in [-0.25, -0.2) is 18.3 Å². The first-order valence-electron chi connectivity index (χ1n) is 11.6. The smallest absolute Gasteiger partial charge is 0.317 e. The molecule has 1 aromatic heterocycles. The van der Waals surface area contributed by atoms with Gasteiger partial charge < -0.3 is 15.4 Å². The fraction of sp³-hybridized carbons (Fsp3) is 0.346. The highest BCUT2D eigenvalue weighted by Gasteiger charge is 2.24. The molecule has 8 nitrogen and oxygen atoms in total. The van der Waals surface area contributed by atoms with Crippen LogP contribution in [0.1, 0.15) is 40.9 Å². The summed E-state index contributed by atoms with van der Waals surface area (Å²) in [6, 6.07) is 12.7. The van der Waals surface area contributed by atoms with Crippen molar-refractivity contribution >= 4 is 17.6 Å². The number of benzene rings is 2. The first-order valence-corrected chi connectivity index (χ1v) is 11.6. The van der Waals surface area contributed by atoms with Gasteiger partial charge in [0.1, 0.15) is 11.5 Å². The normalized spacial score (nSPS) is 15.3. The Labute approximate surface area is 209 Å². The van der Waals surface area contributed by atoms with E-state index in [2.05, 4.69) is 15.3 Å². The number of nitrogens with two attached hydrogens (primary N) is 1. The quantitative estimate of drug-likeness (QED) is 0.473. The highest BCUT2D eigenvalue weighted by atomic mass is 19.2. The number of primary amides is 1. The molecular weight excluding hydrogens is 468 g/mol. The summed E-state index contributed by atoms with van der Waals surface area (Å²) in [7, 11) is 1.68. The summed E-state index contributed by atoms with van der Waals surface area (Å²) >= 11 is 0. The summed E-state index contributed by atoms with van der Waals surface area (Å²) in [5.74, 6) is -0.980. The third kappa shape index (κ3) is 6.73. The van der Waals surface area contributed by atoms with Gasteiger partial charge in [-0.2, -0.15) is 5.10 Å². The maximum Gasteiger partial charge on any atom is 0.317 e. The number of carbonyl (C=O) groups is 2. The van der Waals surface area contributed by atoms with Crippen LogP contribution in [0.15, 0.2) is 48.5 Å². The van der Waals surface area contributed by atoms with Crippen molar-refractivity contribution in [3.63, 3.8) is 0 Å². The Morgan fingerprint density at radius 1 is 1.17 bits per heavy atom. The third-order valence-corrected chi connectivity index (χ3v) is 6.00. The number of rotatable bonds is 7. The maximum atomic E-state index is 13.1. The molecule has 0 bridgehead atoms. The van der Waals surface area contributed by atoms with Crippen LogP contribution < -0.4 is 11.1 Å². The number of hydrogen-bond donors (Lipinski definition) is 2. The van der Waals surface area contributed by atoms with Gasteiger partial charge in [0.25, 0.3) is 0 Å². The van der Waals surface area contributed by atoms with E-state index in [1.807, 2.05) is 30.3 Å². The SMILES string of the molecule is CC(=O)c1nn(-c2ccccc2)c(NC(N)=O)c1C.COCCN1CCC(c2ccc(F)c(F)c2)C1. The van der Waals surface area contributed by atoms with E-state index in [0.717, 1.165) is 37.3 Å². The van der Waals surface area contributed by atoms with Gasteiger partial charge in [-0.3, -0.25) is 10.1 Å². The zero-order valence-electron chi connectivity index (χ0n) is 20.6. The Hall–Kier alpha value is -3.63. The van der Waals surface area contributed by atoms with Gasteiger partial charge in [0, 0.05) is 32.7 Å². The summed E-state index contributed by atoms with van der Waals surface area (Å²) in [5.41, 5.74) is 7.69. The predicted octanol–water partition coefficient (Wildman–Crippen LogP) is 4.27. The number of hydrogen-bond acceptors (Lipinski definition) is 5. The first kappa shape index (κ1) is 27.0. The van der Waals surface area contributed by atoms with Crippen molar-refractivity contribution in [1.29, 1.82) is 0 Å². The molecule has 2 aromatic carbocycles. The minimum atomic E-state index is -0.775. The van der Waals surface area contributed by atoms with Crippen LogP contribution in [-0.4, -0.2) is 59.8 Å². The second kappa shape index (κ2) is 12.4. The number of urea groups is 1. The number of amides is 2. The molecule has 2 heterocycles. The van der Waals surface area contributed by atoms with Crippen molar-refractivity contribution in [3.05, 3.63) is 77.0 Å². The number of likely N-dealkylation sites (tertiary alicyclic amines) is 1. The third-order valence-electron chi connectivity index (χ3n) is 6.00. The molecule has 3 aromatic rings. The molecule has 1 unspecified atom stereocenters. The number of anilines is 1. The van der Waals surface area contributed by atoms with Crippen molar-refractivity contribution in [2.75, 3.05) is 38.7 Å². The largest absolute Gasteiger partial charge is 0.383 e. The molecule has 4 rings (SSSR count). The van der Waals surface area contributed by atoms with Gasteiger partial charge >= 0.3 is 6.03 Å². The molecule has 0 aliphatic carbocycles. The number of Topliss-reactive ketones (excluding diaryl/α,β-unsaturated/α-hetero) is 1. The van der Waals surface area contributed by atoms with Crippen LogP contribution in [0.3, 0.4) is 0 Å². The summed E-state index contributed by atoms with van der Waals surface area (Å²) in [4.78, 5) is 24.9. The molecule has 1 saturated heterocycles. The van der Waals surface area contributed by atoms with Gasteiger partial charge in [0.05, 0.1) is 12.3 Å². The minimum absolute atomic E-state index is 0.167. The lowest BCUT2D eigenvalue weighted by molar-refractivity contribution is 0.101. The summed E-state index contributed by atoms with van der Waals surface area (Å²) in [6.45, 7) is 6.65. The van der Waals surface area contributed by atoms with E-state index in [1.54, 1.807) is 20.1 Å². The molecule has 0 spiro atoms. The Bertz CT molecular complexity index is 1200. The van der Waals surface area contributed by atoms with E-state index in [0.29, 0.717) is 29.6 Å². The Kier molecular flexibility index (Phi) is 9.26. The van der Waals surface area contributed by atoms with E-state index >= 15 is 0 Å². The molecule has 3 N–H and O–H groups in total. The molecule has 1 aliphatic heterocycles. The van der Waals surface area contributed by atoms with E-state index in [9.17, 15) is 18.4 Å². The van der Waals surface area contributed by atoms with Crippen molar-refractivity contribution in [2.24, 2.45) is 5.73 Å². The number of carbonyl (C=O) groups excluding carboxylic acids is 2. The van der Waals surface area contributed by atoms with Crippen LogP contribution in [0.2, 0.25) is 0 Å². The topological polar surface area (TPSA) is 102 Å². The predicted molar refractivity (Wildman–Crippen MR) is 134 cm³/mol. The average molecular weight is 500 g/mol. The molecule has 0 saturated carbocycles. The monoisotopic (exact) mass is 499 g/mol. The number of ether oxygens (including phenoxy) is 1. The molecule has 0 radical (unpaired) electrons. The lowest BCUT2D eigenvalue weighted by atomic mass is 9.98. The second-order valence-electron chi connectivity index (χ2n) is 8.57. The molecule has 2 amide bonds. The van der Waals surface area contributed by atoms with Crippen LogP contribution in [0, 0.1) is 18.6 Å². The summed E-state index contributed by atoms with van der Waals surface area (Å²) in [6.07, 6.45) is 0.995. The number of methoxy groups -OCH3 is 1. The molecule has 1 atom stereocenters. The highest BCUT2D eigenvalue weighted by molar-refractivity contribution is 5.97. The van der Waals surface area contributed by atoms with Gasteiger partial charge in [0.15, 0.2) is 17.4 Å². The van der Waals surface area contributed by atoms with Crippen LogP contribution in [0.4, 0.5) is 19.4 Å². The maximum absolute atomic E-state index is 13.1. The fourth-order valence-electron chi connectivity index (χ4n) is 4.14. The van der Waals surface area contributed by atoms with Crippen molar-refractivity contribution in [1.82, 2.24) is 14.7 Å². The minimum Gasteiger partial charge on any atom is -0.383 e. The molecular formula is C26H31F2N5O3. The standard InChI is InChI=1S/C13H17F2NO.C13H14N4O2/c1-17-7-6-16-5-4-11(9-16)10-2-3-12(14)13(15)8-10;1-8-11(9(2)18)16-17(12(8)15-13(14)19)10-6-4-3-5-7-10/h2-3,8,11H,4-7,9H2,1H3;3-7H,1-2H3,(H3,14,15,19). The number of para-hydroxylation sites is 1. The van der Waals surface area contributed by atoms with Crippen LogP contribution in [0.25, 0.3) is 5.69 Å². The van der Waals surface area contributed by atoms with E-state index in [4.69, 9.17) is 10.5 Å². The van der Waals surface area contributed by atoms with E-state index < -0.39 is 17.7 Å².